The maximum absolute atomic E-state index is 13.6. The third-order valence-electron chi connectivity index (χ3n) is 7.41. The predicted molar refractivity (Wildman–Crippen MR) is 117 cm³/mol. The molecule has 4 atom stereocenters. The highest BCUT2D eigenvalue weighted by Crippen LogP contribution is 2.53. The average molecular weight is 415 g/mol. The van der Waals surface area contributed by atoms with Gasteiger partial charge >= 0.3 is 0 Å². The van der Waals surface area contributed by atoms with Crippen LogP contribution in [0.3, 0.4) is 0 Å². The number of hydrogen-bond acceptors (Lipinski definition) is 3. The van der Waals surface area contributed by atoms with Crippen LogP contribution in [0.1, 0.15) is 36.5 Å². The number of carbonyl (C=O) groups is 2. The summed E-state index contributed by atoms with van der Waals surface area (Å²) < 4.78 is 6.32. The SMILES string of the molecule is CC(C)c1ccc(N2C[C@]34C=C[C@H](O3)[C@@H](C(=O)N3Cc5ccccc5C3)[C@H]4C2=O)cc1. The summed E-state index contributed by atoms with van der Waals surface area (Å²) in [5.41, 5.74) is 3.81. The Bertz CT molecular complexity index is 1080. The molecule has 0 aromatic heterocycles. The Kier molecular flexibility index (Phi) is 3.97. The van der Waals surface area contributed by atoms with Gasteiger partial charge in [-0.05, 0) is 34.7 Å². The average Bonchev–Trinajstić information content (AvgIpc) is 3.52. The van der Waals surface area contributed by atoms with E-state index in [1.54, 1.807) is 4.90 Å². The van der Waals surface area contributed by atoms with E-state index in [9.17, 15) is 9.59 Å². The second-order valence-electron chi connectivity index (χ2n) is 9.53. The van der Waals surface area contributed by atoms with Crippen molar-refractivity contribution in [1.29, 1.82) is 0 Å². The molecular weight excluding hydrogens is 388 g/mol. The third kappa shape index (κ3) is 2.66. The molecule has 4 heterocycles. The van der Waals surface area contributed by atoms with Crippen LogP contribution in [0.4, 0.5) is 5.69 Å². The minimum atomic E-state index is -0.689. The van der Waals surface area contributed by atoms with Crippen molar-refractivity contribution in [3.8, 4) is 0 Å². The van der Waals surface area contributed by atoms with Crippen LogP contribution in [-0.2, 0) is 27.4 Å². The maximum atomic E-state index is 13.6. The van der Waals surface area contributed by atoms with Gasteiger partial charge in [-0.1, -0.05) is 62.4 Å². The van der Waals surface area contributed by atoms with Gasteiger partial charge < -0.3 is 14.5 Å². The molecule has 5 nitrogen and oxygen atoms in total. The van der Waals surface area contributed by atoms with E-state index in [4.69, 9.17) is 4.74 Å². The summed E-state index contributed by atoms with van der Waals surface area (Å²) in [5.74, 6) is -0.438. The first kappa shape index (κ1) is 18.8. The van der Waals surface area contributed by atoms with Crippen molar-refractivity contribution in [1.82, 2.24) is 4.90 Å². The van der Waals surface area contributed by atoms with Crippen molar-refractivity contribution in [2.45, 2.75) is 44.6 Å². The van der Waals surface area contributed by atoms with E-state index in [1.165, 1.54) is 16.7 Å². The Morgan fingerprint density at radius 3 is 2.39 bits per heavy atom. The van der Waals surface area contributed by atoms with Crippen LogP contribution >= 0.6 is 0 Å². The molecule has 2 bridgehead atoms. The van der Waals surface area contributed by atoms with Gasteiger partial charge in [-0.15, -0.1) is 0 Å². The van der Waals surface area contributed by atoms with Crippen molar-refractivity contribution in [2.24, 2.45) is 11.8 Å². The second-order valence-corrected chi connectivity index (χ2v) is 9.53. The monoisotopic (exact) mass is 414 g/mol. The van der Waals surface area contributed by atoms with Gasteiger partial charge in [-0.25, -0.2) is 0 Å². The summed E-state index contributed by atoms with van der Waals surface area (Å²) in [5, 5.41) is 0. The molecule has 0 N–H and O–H groups in total. The number of rotatable bonds is 3. The Balaban J connectivity index is 1.28. The first-order chi connectivity index (χ1) is 15.0. The number of hydrogen-bond donors (Lipinski definition) is 0. The minimum Gasteiger partial charge on any atom is -0.360 e. The molecule has 1 spiro atoms. The van der Waals surface area contributed by atoms with Crippen molar-refractivity contribution in [3.05, 3.63) is 77.4 Å². The fourth-order valence-corrected chi connectivity index (χ4v) is 5.74. The first-order valence-corrected chi connectivity index (χ1v) is 11.1. The smallest absolute Gasteiger partial charge is 0.234 e. The lowest BCUT2D eigenvalue weighted by Crippen LogP contribution is -2.44. The van der Waals surface area contributed by atoms with E-state index >= 15 is 0 Å². The molecule has 2 aromatic rings. The van der Waals surface area contributed by atoms with E-state index in [-0.39, 0.29) is 17.9 Å². The highest BCUT2D eigenvalue weighted by atomic mass is 16.5. The van der Waals surface area contributed by atoms with Gasteiger partial charge in [-0.3, -0.25) is 9.59 Å². The molecule has 0 unspecified atom stereocenters. The summed E-state index contributed by atoms with van der Waals surface area (Å²) in [7, 11) is 0. The van der Waals surface area contributed by atoms with Crippen LogP contribution in [0, 0.1) is 11.8 Å². The van der Waals surface area contributed by atoms with Crippen LogP contribution < -0.4 is 4.90 Å². The number of fused-ring (bicyclic) bond motifs is 2. The fourth-order valence-electron chi connectivity index (χ4n) is 5.74. The van der Waals surface area contributed by atoms with Gasteiger partial charge in [0.15, 0.2) is 0 Å². The quantitative estimate of drug-likeness (QED) is 0.721. The molecule has 2 saturated heterocycles. The van der Waals surface area contributed by atoms with Crippen LogP contribution in [0.15, 0.2) is 60.7 Å². The van der Waals surface area contributed by atoms with Crippen LogP contribution in [0.25, 0.3) is 0 Å². The maximum Gasteiger partial charge on any atom is 0.234 e. The van der Waals surface area contributed by atoms with Crippen molar-refractivity contribution in [2.75, 3.05) is 11.4 Å². The standard InChI is InChI=1S/C26H26N2O3/c1-16(2)17-7-9-20(10-8-17)28-15-26-12-11-21(31-26)22(23(26)25(28)30)24(29)27-13-18-5-3-4-6-19(18)14-27/h3-12,16,21-23H,13-15H2,1-2H3/t21-,22+,23-,26-/m0/s1. The van der Waals surface area contributed by atoms with E-state index in [0.29, 0.717) is 25.6 Å². The lowest BCUT2D eigenvalue weighted by Gasteiger charge is -2.27. The van der Waals surface area contributed by atoms with E-state index < -0.39 is 17.4 Å². The van der Waals surface area contributed by atoms with Gasteiger partial charge in [0.25, 0.3) is 0 Å². The summed E-state index contributed by atoms with van der Waals surface area (Å²) in [6, 6.07) is 16.3. The van der Waals surface area contributed by atoms with Gasteiger partial charge in [0, 0.05) is 18.8 Å². The molecule has 0 radical (unpaired) electrons. The zero-order chi connectivity index (χ0) is 21.3. The number of nitrogens with zero attached hydrogens (tertiary/aromatic N) is 2. The molecule has 2 amide bonds. The highest BCUT2D eigenvalue weighted by molar-refractivity contribution is 6.03. The molecule has 2 fully saturated rings. The summed E-state index contributed by atoms with van der Waals surface area (Å²) in [6.45, 7) is 5.99. The zero-order valence-corrected chi connectivity index (χ0v) is 17.8. The summed E-state index contributed by atoms with van der Waals surface area (Å²) >= 11 is 0. The number of benzene rings is 2. The molecule has 4 aliphatic heterocycles. The largest absolute Gasteiger partial charge is 0.360 e. The molecule has 6 rings (SSSR count). The van der Waals surface area contributed by atoms with E-state index in [2.05, 4.69) is 38.1 Å². The molecule has 4 aliphatic rings. The molecule has 0 saturated carbocycles. The van der Waals surface area contributed by atoms with Crippen molar-refractivity contribution < 1.29 is 14.3 Å². The van der Waals surface area contributed by atoms with Gasteiger partial charge in [-0.2, -0.15) is 0 Å². The molecule has 31 heavy (non-hydrogen) atoms. The van der Waals surface area contributed by atoms with Crippen molar-refractivity contribution >= 4 is 17.5 Å². The number of carbonyl (C=O) groups excluding carboxylic acids is 2. The third-order valence-corrected chi connectivity index (χ3v) is 7.41. The molecule has 158 valence electrons. The zero-order valence-electron chi connectivity index (χ0n) is 17.8. The lowest BCUT2D eigenvalue weighted by atomic mass is 9.76. The Morgan fingerprint density at radius 2 is 1.74 bits per heavy atom. The van der Waals surface area contributed by atoms with Crippen LogP contribution in [0.5, 0.6) is 0 Å². The lowest BCUT2D eigenvalue weighted by molar-refractivity contribution is -0.140. The highest BCUT2D eigenvalue weighted by Gasteiger charge is 2.67. The Labute approximate surface area is 182 Å². The van der Waals surface area contributed by atoms with E-state index in [0.717, 1.165) is 5.69 Å². The molecular formula is C26H26N2O3. The molecule has 2 aromatic carbocycles. The number of amides is 2. The van der Waals surface area contributed by atoms with Crippen LogP contribution in [-0.4, -0.2) is 35.0 Å². The van der Waals surface area contributed by atoms with Gasteiger partial charge in [0.1, 0.15) is 5.60 Å². The normalized spacial score (nSPS) is 30.4. The number of anilines is 1. The minimum absolute atomic E-state index is 0.000733. The van der Waals surface area contributed by atoms with E-state index in [1.807, 2.05) is 41.3 Å². The number of ether oxygens (including phenoxy) is 1. The summed E-state index contributed by atoms with van der Waals surface area (Å²) in [4.78, 5) is 30.9. The topological polar surface area (TPSA) is 49.9 Å². The second kappa shape index (κ2) is 6.54. The van der Waals surface area contributed by atoms with Gasteiger partial charge in [0.2, 0.25) is 11.8 Å². The Morgan fingerprint density at radius 1 is 1.06 bits per heavy atom. The van der Waals surface area contributed by atoms with Crippen molar-refractivity contribution in [3.63, 3.8) is 0 Å². The first-order valence-electron chi connectivity index (χ1n) is 11.1. The predicted octanol–water partition coefficient (Wildman–Crippen LogP) is 3.64. The molecule has 5 heteroatoms. The Hall–Kier alpha value is -2.92. The summed E-state index contributed by atoms with van der Waals surface area (Å²) in [6.07, 6.45) is 3.70. The molecule has 0 aliphatic carbocycles. The fraction of sp³-hybridized carbons (Fsp3) is 0.385. The van der Waals surface area contributed by atoms with Gasteiger partial charge in [0.05, 0.1) is 24.5 Å². The van der Waals surface area contributed by atoms with Crippen LogP contribution in [0.2, 0.25) is 0 Å².